The van der Waals surface area contributed by atoms with Crippen LogP contribution in [0.15, 0.2) is 15.9 Å². The Morgan fingerprint density at radius 2 is 2.40 bits per heavy atom. The third kappa shape index (κ3) is 3.56. The number of carbonyl (C=O) groups is 1. The number of hydrogen-bond acceptors (Lipinski definition) is 5. The summed E-state index contributed by atoms with van der Waals surface area (Å²) < 4.78 is 5.13. The molecule has 0 bridgehead atoms. The van der Waals surface area contributed by atoms with Crippen LogP contribution >= 0.6 is 11.8 Å². The number of hydrogen-bond donors (Lipinski definition) is 2. The predicted molar refractivity (Wildman–Crippen MR) is 58.4 cm³/mol. The molecule has 15 heavy (non-hydrogen) atoms. The van der Waals surface area contributed by atoms with Crippen molar-refractivity contribution in [3.63, 3.8) is 0 Å². The first-order valence-electron chi connectivity index (χ1n) is 4.55. The summed E-state index contributed by atoms with van der Waals surface area (Å²) in [7, 11) is 0. The van der Waals surface area contributed by atoms with Crippen molar-refractivity contribution >= 4 is 17.7 Å². The van der Waals surface area contributed by atoms with Gasteiger partial charge in [-0.3, -0.25) is 4.79 Å². The molecule has 0 saturated heterocycles. The van der Waals surface area contributed by atoms with Crippen LogP contribution in [0.5, 0.6) is 0 Å². The molecule has 1 aromatic rings. The molecule has 0 aliphatic heterocycles. The third-order valence-corrected chi connectivity index (χ3v) is 2.85. The molecule has 1 rings (SSSR count). The number of aromatic nitrogens is 1. The Balaban J connectivity index is 2.36. The van der Waals surface area contributed by atoms with Gasteiger partial charge in [0.15, 0.2) is 0 Å². The van der Waals surface area contributed by atoms with Crippen LogP contribution in [-0.2, 0) is 4.79 Å². The maximum Gasteiger partial charge on any atom is 0.255 e. The fourth-order valence-electron chi connectivity index (χ4n) is 0.872. The molecule has 0 radical (unpaired) electrons. The van der Waals surface area contributed by atoms with Gasteiger partial charge in [-0.2, -0.15) is 0 Å². The van der Waals surface area contributed by atoms with Gasteiger partial charge in [-0.25, -0.2) is 4.98 Å². The standard InChI is InChI=1S/C9H15N3O2S/c1-6-5-14-8(12-6)15-4-3-9(2,11)7(10)13/h5H,3-4,11H2,1-2H3,(H2,10,13). The third-order valence-electron chi connectivity index (χ3n) is 2.01. The van der Waals surface area contributed by atoms with E-state index in [0.717, 1.165) is 5.69 Å². The summed E-state index contributed by atoms with van der Waals surface area (Å²) in [6, 6.07) is 0. The lowest BCUT2D eigenvalue weighted by Gasteiger charge is -2.19. The number of oxazole rings is 1. The molecule has 4 N–H and O–H groups in total. The van der Waals surface area contributed by atoms with E-state index in [0.29, 0.717) is 17.4 Å². The Hall–Kier alpha value is -1.01. The van der Waals surface area contributed by atoms with Crippen LogP contribution in [-0.4, -0.2) is 22.2 Å². The zero-order chi connectivity index (χ0) is 11.5. The van der Waals surface area contributed by atoms with Gasteiger partial charge < -0.3 is 15.9 Å². The molecule has 1 atom stereocenters. The number of amides is 1. The van der Waals surface area contributed by atoms with Gasteiger partial charge in [-0.15, -0.1) is 0 Å². The van der Waals surface area contributed by atoms with Crippen molar-refractivity contribution in [3.05, 3.63) is 12.0 Å². The summed E-state index contributed by atoms with van der Waals surface area (Å²) >= 11 is 1.42. The van der Waals surface area contributed by atoms with Crippen molar-refractivity contribution in [2.45, 2.75) is 31.0 Å². The van der Waals surface area contributed by atoms with Crippen molar-refractivity contribution in [2.75, 3.05) is 5.75 Å². The second kappa shape index (κ2) is 4.67. The first kappa shape index (κ1) is 12.1. The predicted octanol–water partition coefficient (Wildman–Crippen LogP) is 0.668. The smallest absolute Gasteiger partial charge is 0.255 e. The van der Waals surface area contributed by atoms with Crippen LogP contribution < -0.4 is 11.5 Å². The summed E-state index contributed by atoms with van der Waals surface area (Å²) in [5, 5.41) is 0.591. The van der Waals surface area contributed by atoms with E-state index < -0.39 is 11.4 Å². The quantitative estimate of drug-likeness (QED) is 0.723. The highest BCUT2D eigenvalue weighted by molar-refractivity contribution is 7.99. The van der Waals surface area contributed by atoms with Crippen LogP contribution in [0.1, 0.15) is 19.0 Å². The minimum absolute atomic E-state index is 0.494. The average molecular weight is 229 g/mol. The Bertz CT molecular complexity index is 349. The molecule has 0 fully saturated rings. The molecule has 0 saturated carbocycles. The highest BCUT2D eigenvalue weighted by Gasteiger charge is 2.25. The fourth-order valence-corrected chi connectivity index (χ4v) is 1.90. The van der Waals surface area contributed by atoms with Crippen LogP contribution in [0.25, 0.3) is 0 Å². The number of thioether (sulfide) groups is 1. The van der Waals surface area contributed by atoms with E-state index in [9.17, 15) is 4.79 Å². The molecular formula is C9H15N3O2S. The minimum Gasteiger partial charge on any atom is -0.440 e. The number of nitrogens with zero attached hydrogens (tertiary/aromatic N) is 1. The Morgan fingerprint density at radius 3 is 2.87 bits per heavy atom. The Labute approximate surface area is 92.6 Å². The molecule has 0 aliphatic carbocycles. The zero-order valence-corrected chi connectivity index (χ0v) is 9.63. The van der Waals surface area contributed by atoms with Crippen molar-refractivity contribution < 1.29 is 9.21 Å². The van der Waals surface area contributed by atoms with Gasteiger partial charge in [0.1, 0.15) is 6.26 Å². The lowest BCUT2D eigenvalue weighted by atomic mass is 10.0. The number of nitrogens with two attached hydrogens (primary N) is 2. The average Bonchev–Trinajstić information content (AvgIpc) is 2.51. The molecule has 1 heterocycles. The highest BCUT2D eigenvalue weighted by atomic mass is 32.2. The Kier molecular flexibility index (Phi) is 3.76. The summed E-state index contributed by atoms with van der Waals surface area (Å²) in [6.45, 7) is 3.47. The van der Waals surface area contributed by atoms with E-state index >= 15 is 0 Å². The monoisotopic (exact) mass is 229 g/mol. The Morgan fingerprint density at radius 1 is 1.73 bits per heavy atom. The SMILES string of the molecule is Cc1coc(SCCC(C)(N)C(N)=O)n1. The van der Waals surface area contributed by atoms with Crippen molar-refractivity contribution in [2.24, 2.45) is 11.5 Å². The normalized spacial score (nSPS) is 14.9. The molecule has 84 valence electrons. The molecule has 0 aromatic carbocycles. The maximum absolute atomic E-state index is 10.9. The van der Waals surface area contributed by atoms with Crippen LogP contribution in [0.3, 0.4) is 0 Å². The van der Waals surface area contributed by atoms with E-state index in [2.05, 4.69) is 4.98 Å². The summed E-state index contributed by atoms with van der Waals surface area (Å²) in [5.41, 5.74) is 10.7. The largest absolute Gasteiger partial charge is 0.440 e. The molecule has 1 aromatic heterocycles. The second-order valence-corrected chi connectivity index (χ2v) is 4.68. The summed E-state index contributed by atoms with van der Waals surface area (Å²) in [6.07, 6.45) is 2.08. The maximum atomic E-state index is 10.9. The van der Waals surface area contributed by atoms with Gasteiger partial charge in [-0.1, -0.05) is 11.8 Å². The van der Waals surface area contributed by atoms with Crippen molar-refractivity contribution in [3.8, 4) is 0 Å². The van der Waals surface area contributed by atoms with Gasteiger partial charge in [0.2, 0.25) is 5.91 Å². The summed E-state index contributed by atoms with van der Waals surface area (Å²) in [4.78, 5) is 15.0. The fraction of sp³-hybridized carbons (Fsp3) is 0.556. The minimum atomic E-state index is -0.964. The molecule has 6 heteroatoms. The van der Waals surface area contributed by atoms with Gasteiger partial charge in [-0.05, 0) is 20.3 Å². The van der Waals surface area contributed by atoms with E-state index in [1.54, 1.807) is 13.2 Å². The van der Waals surface area contributed by atoms with Crippen molar-refractivity contribution in [1.29, 1.82) is 0 Å². The number of primary amides is 1. The van der Waals surface area contributed by atoms with E-state index in [-0.39, 0.29) is 0 Å². The number of aryl methyl sites for hydroxylation is 1. The van der Waals surface area contributed by atoms with Gasteiger partial charge in [0, 0.05) is 5.75 Å². The number of carbonyl (C=O) groups excluding carboxylic acids is 1. The van der Waals surface area contributed by atoms with E-state index in [1.165, 1.54) is 11.8 Å². The van der Waals surface area contributed by atoms with E-state index in [4.69, 9.17) is 15.9 Å². The molecular weight excluding hydrogens is 214 g/mol. The first-order valence-corrected chi connectivity index (χ1v) is 5.54. The van der Waals surface area contributed by atoms with Gasteiger partial charge in [0.25, 0.3) is 5.22 Å². The van der Waals surface area contributed by atoms with Crippen molar-refractivity contribution in [1.82, 2.24) is 4.98 Å². The molecule has 1 unspecified atom stereocenters. The van der Waals surface area contributed by atoms with Crippen LogP contribution in [0, 0.1) is 6.92 Å². The second-order valence-electron chi connectivity index (χ2n) is 3.63. The highest BCUT2D eigenvalue weighted by Crippen LogP contribution is 2.20. The van der Waals surface area contributed by atoms with Crippen LogP contribution in [0.2, 0.25) is 0 Å². The zero-order valence-electron chi connectivity index (χ0n) is 8.82. The van der Waals surface area contributed by atoms with Crippen LogP contribution in [0.4, 0.5) is 0 Å². The topological polar surface area (TPSA) is 95.1 Å². The van der Waals surface area contributed by atoms with Gasteiger partial charge >= 0.3 is 0 Å². The lowest BCUT2D eigenvalue weighted by molar-refractivity contribution is -0.122. The molecule has 0 aliphatic rings. The molecule has 0 spiro atoms. The first-order chi connectivity index (χ1) is 6.92. The lowest BCUT2D eigenvalue weighted by Crippen LogP contribution is -2.49. The van der Waals surface area contributed by atoms with E-state index in [1.807, 2.05) is 6.92 Å². The molecule has 5 nitrogen and oxygen atoms in total. The summed E-state index contributed by atoms with van der Waals surface area (Å²) in [5.74, 6) is 0.155. The molecule has 1 amide bonds. The number of rotatable bonds is 5. The van der Waals surface area contributed by atoms with Gasteiger partial charge in [0.05, 0.1) is 11.2 Å².